The summed E-state index contributed by atoms with van der Waals surface area (Å²) in [6, 6.07) is 5.22. The second kappa shape index (κ2) is 5.25. The average molecular weight is 276 g/mol. The third kappa shape index (κ3) is 3.17. The number of rotatable bonds is 4. The van der Waals surface area contributed by atoms with Crippen molar-refractivity contribution >= 4 is 17.5 Å². The summed E-state index contributed by atoms with van der Waals surface area (Å²) in [5.41, 5.74) is 1.24. The molecule has 1 aliphatic heterocycles. The highest BCUT2D eigenvalue weighted by atomic mass is 16.3. The maximum absolute atomic E-state index is 12.4. The van der Waals surface area contributed by atoms with Gasteiger partial charge in [0.2, 0.25) is 5.91 Å². The zero-order chi connectivity index (χ0) is 14.9. The number of anilines is 1. The molecule has 0 atom stereocenters. The summed E-state index contributed by atoms with van der Waals surface area (Å²) in [6.07, 6.45) is 0.314. The number of hydrogen-bond donors (Lipinski definition) is 2. The molecule has 1 heterocycles. The molecule has 1 aromatic carbocycles. The molecule has 0 unspecified atom stereocenters. The van der Waals surface area contributed by atoms with Crippen molar-refractivity contribution in [1.29, 1.82) is 0 Å². The van der Waals surface area contributed by atoms with Gasteiger partial charge in [0.25, 0.3) is 5.91 Å². The zero-order valence-corrected chi connectivity index (χ0v) is 12.1. The molecule has 1 aliphatic rings. The van der Waals surface area contributed by atoms with Crippen molar-refractivity contribution in [2.24, 2.45) is 0 Å². The summed E-state index contributed by atoms with van der Waals surface area (Å²) in [5.74, 6) is -0.176. The maximum atomic E-state index is 12.4. The number of carbonyl (C=O) groups is 2. The van der Waals surface area contributed by atoms with Crippen LogP contribution in [0.1, 0.15) is 36.7 Å². The minimum absolute atomic E-state index is 0.0477. The van der Waals surface area contributed by atoms with Crippen molar-refractivity contribution in [3.63, 3.8) is 0 Å². The van der Waals surface area contributed by atoms with Crippen LogP contribution in [-0.2, 0) is 11.2 Å². The van der Waals surface area contributed by atoms with E-state index in [9.17, 15) is 14.7 Å². The molecule has 5 heteroatoms. The van der Waals surface area contributed by atoms with E-state index < -0.39 is 5.60 Å². The Labute approximate surface area is 118 Å². The molecule has 2 N–H and O–H groups in total. The summed E-state index contributed by atoms with van der Waals surface area (Å²) in [6.45, 7) is 6.03. The number of likely N-dealkylation sites (N-methyl/N-ethyl adjacent to an activating group) is 1. The lowest BCUT2D eigenvalue weighted by Gasteiger charge is -2.28. The highest BCUT2D eigenvalue weighted by Crippen LogP contribution is 2.24. The number of hydrogen-bond acceptors (Lipinski definition) is 3. The number of carbonyl (C=O) groups excluding carboxylic acids is 2. The minimum Gasteiger partial charge on any atom is -0.389 e. The lowest BCUT2D eigenvalue weighted by atomic mass is 10.1. The molecule has 0 aromatic heterocycles. The Balaban J connectivity index is 2.21. The van der Waals surface area contributed by atoms with Gasteiger partial charge in [-0.3, -0.25) is 9.59 Å². The van der Waals surface area contributed by atoms with E-state index in [0.717, 1.165) is 11.3 Å². The van der Waals surface area contributed by atoms with Gasteiger partial charge in [-0.2, -0.15) is 0 Å². The van der Waals surface area contributed by atoms with Crippen molar-refractivity contribution in [2.75, 3.05) is 18.4 Å². The third-order valence-electron chi connectivity index (χ3n) is 3.22. The van der Waals surface area contributed by atoms with E-state index in [0.29, 0.717) is 18.5 Å². The number of benzene rings is 1. The predicted octanol–water partition coefficient (Wildman–Crippen LogP) is 1.41. The van der Waals surface area contributed by atoms with Gasteiger partial charge in [-0.05, 0) is 44.5 Å². The molecule has 1 aromatic rings. The van der Waals surface area contributed by atoms with Crippen LogP contribution in [0.4, 0.5) is 5.69 Å². The van der Waals surface area contributed by atoms with Crippen LogP contribution in [0.3, 0.4) is 0 Å². The second-order valence-corrected chi connectivity index (χ2v) is 5.73. The lowest BCUT2D eigenvalue weighted by Crippen LogP contribution is -2.42. The monoisotopic (exact) mass is 276 g/mol. The normalized spacial score (nSPS) is 13.9. The molecule has 20 heavy (non-hydrogen) atoms. The summed E-state index contributed by atoms with van der Waals surface area (Å²) in [7, 11) is 0. The smallest absolute Gasteiger partial charge is 0.253 e. The van der Waals surface area contributed by atoms with Gasteiger partial charge in [0.05, 0.1) is 12.0 Å². The quantitative estimate of drug-likeness (QED) is 0.873. The van der Waals surface area contributed by atoms with Crippen molar-refractivity contribution < 1.29 is 14.7 Å². The highest BCUT2D eigenvalue weighted by Gasteiger charge is 2.24. The Hall–Kier alpha value is -1.88. The van der Waals surface area contributed by atoms with E-state index in [2.05, 4.69) is 5.32 Å². The van der Waals surface area contributed by atoms with Crippen LogP contribution in [0.5, 0.6) is 0 Å². The number of aliphatic hydroxyl groups is 1. The Morgan fingerprint density at radius 2 is 2.15 bits per heavy atom. The molecule has 108 valence electrons. The maximum Gasteiger partial charge on any atom is 0.253 e. The first-order valence-electron chi connectivity index (χ1n) is 6.74. The third-order valence-corrected chi connectivity index (χ3v) is 3.22. The first-order chi connectivity index (χ1) is 9.30. The van der Waals surface area contributed by atoms with E-state index in [1.165, 1.54) is 0 Å². The molecular formula is C15H20N2O3. The molecule has 5 nitrogen and oxygen atoms in total. The van der Waals surface area contributed by atoms with Gasteiger partial charge in [0, 0.05) is 24.3 Å². The van der Waals surface area contributed by atoms with Gasteiger partial charge in [0.15, 0.2) is 0 Å². The molecule has 0 bridgehead atoms. The van der Waals surface area contributed by atoms with Crippen molar-refractivity contribution in [2.45, 2.75) is 32.8 Å². The number of nitrogens with one attached hydrogen (secondary N) is 1. The largest absolute Gasteiger partial charge is 0.389 e. The Kier molecular flexibility index (Phi) is 3.81. The van der Waals surface area contributed by atoms with E-state index in [1.807, 2.05) is 6.92 Å². The summed E-state index contributed by atoms with van der Waals surface area (Å²) >= 11 is 0. The van der Waals surface area contributed by atoms with Gasteiger partial charge in [-0.1, -0.05) is 0 Å². The average Bonchev–Trinajstić information content (AvgIpc) is 2.72. The summed E-state index contributed by atoms with van der Waals surface area (Å²) < 4.78 is 0. The molecule has 0 saturated carbocycles. The van der Waals surface area contributed by atoms with Gasteiger partial charge in [-0.15, -0.1) is 0 Å². The van der Waals surface area contributed by atoms with E-state index in [1.54, 1.807) is 36.9 Å². The molecule has 0 saturated heterocycles. The molecule has 0 spiro atoms. The standard InChI is InChI=1S/C15H20N2O3/c1-4-17(9-15(2,3)20)14(19)10-5-6-12-11(7-10)8-13(18)16-12/h5-7,20H,4,8-9H2,1-3H3,(H,16,18). The van der Waals surface area contributed by atoms with E-state index in [-0.39, 0.29) is 18.4 Å². The van der Waals surface area contributed by atoms with Crippen molar-refractivity contribution in [3.05, 3.63) is 29.3 Å². The molecule has 0 aliphatic carbocycles. The summed E-state index contributed by atoms with van der Waals surface area (Å²) in [4.78, 5) is 25.4. The SMILES string of the molecule is CCN(CC(C)(C)O)C(=O)c1ccc2c(c1)CC(=O)N2. The Bertz CT molecular complexity index is 547. The Morgan fingerprint density at radius 1 is 1.45 bits per heavy atom. The van der Waals surface area contributed by atoms with Crippen LogP contribution in [0.15, 0.2) is 18.2 Å². The predicted molar refractivity (Wildman–Crippen MR) is 76.7 cm³/mol. The van der Waals surface area contributed by atoms with Crippen LogP contribution in [-0.4, -0.2) is 40.5 Å². The van der Waals surface area contributed by atoms with E-state index >= 15 is 0 Å². The van der Waals surface area contributed by atoms with Crippen LogP contribution in [0.25, 0.3) is 0 Å². The van der Waals surface area contributed by atoms with Gasteiger partial charge >= 0.3 is 0 Å². The number of fused-ring (bicyclic) bond motifs is 1. The van der Waals surface area contributed by atoms with Crippen molar-refractivity contribution in [1.82, 2.24) is 4.90 Å². The second-order valence-electron chi connectivity index (χ2n) is 5.73. The fourth-order valence-corrected chi connectivity index (χ4v) is 2.34. The van der Waals surface area contributed by atoms with Gasteiger partial charge < -0.3 is 15.3 Å². The first kappa shape index (κ1) is 14.5. The van der Waals surface area contributed by atoms with Gasteiger partial charge in [-0.25, -0.2) is 0 Å². The van der Waals surface area contributed by atoms with Crippen LogP contribution < -0.4 is 5.32 Å². The van der Waals surface area contributed by atoms with E-state index in [4.69, 9.17) is 0 Å². The van der Waals surface area contributed by atoms with Gasteiger partial charge in [0.1, 0.15) is 0 Å². The number of nitrogens with zero attached hydrogens (tertiary/aromatic N) is 1. The van der Waals surface area contributed by atoms with Crippen molar-refractivity contribution in [3.8, 4) is 0 Å². The number of amides is 2. The fourth-order valence-electron chi connectivity index (χ4n) is 2.34. The van der Waals surface area contributed by atoms with Crippen LogP contribution in [0.2, 0.25) is 0 Å². The highest BCUT2D eigenvalue weighted by molar-refractivity contribution is 6.01. The lowest BCUT2D eigenvalue weighted by molar-refractivity contribution is -0.115. The molecule has 0 fully saturated rings. The summed E-state index contributed by atoms with van der Waals surface area (Å²) in [5, 5.41) is 12.6. The Morgan fingerprint density at radius 3 is 2.75 bits per heavy atom. The molecule has 2 amide bonds. The fraction of sp³-hybridized carbons (Fsp3) is 0.467. The van der Waals surface area contributed by atoms with Crippen LogP contribution in [0, 0.1) is 0 Å². The molecule has 2 rings (SSSR count). The minimum atomic E-state index is -0.931. The first-order valence-corrected chi connectivity index (χ1v) is 6.74. The topological polar surface area (TPSA) is 69.6 Å². The zero-order valence-electron chi connectivity index (χ0n) is 12.1. The van der Waals surface area contributed by atoms with Crippen LogP contribution >= 0.6 is 0 Å². The molecule has 0 radical (unpaired) electrons. The molecular weight excluding hydrogens is 256 g/mol.